The smallest absolute Gasteiger partial charge is 0.323 e. The lowest BCUT2D eigenvalue weighted by atomic mass is 9.64. The zero-order valence-electron chi connectivity index (χ0n) is 12.7. The minimum Gasteiger partial charge on any atom is -0.464 e. The molecule has 0 saturated heterocycles. The molecular weight excluding hydrogens is 258 g/mol. The average Bonchev–Trinajstić information content (AvgIpc) is 2.43. The zero-order valence-corrected chi connectivity index (χ0v) is 12.7. The molecule has 2 atom stereocenters. The van der Waals surface area contributed by atoms with Gasteiger partial charge >= 0.3 is 6.01 Å². The lowest BCUT2D eigenvalue weighted by molar-refractivity contribution is -0.0796. The summed E-state index contributed by atoms with van der Waals surface area (Å²) in [6, 6.07) is 0.601. The number of anilines is 2. The van der Waals surface area contributed by atoms with Crippen molar-refractivity contribution >= 4 is 11.9 Å². The van der Waals surface area contributed by atoms with Crippen LogP contribution in [0.3, 0.4) is 0 Å². The Morgan fingerprint density at radius 2 is 1.95 bits per heavy atom. The van der Waals surface area contributed by atoms with E-state index in [1.165, 1.54) is 0 Å². The molecule has 2 N–H and O–H groups in total. The van der Waals surface area contributed by atoms with E-state index in [4.69, 9.17) is 9.47 Å². The van der Waals surface area contributed by atoms with Crippen molar-refractivity contribution in [2.45, 2.75) is 39.3 Å². The Bertz CT molecular complexity index is 466. The number of ether oxygens (including phenoxy) is 2. The van der Waals surface area contributed by atoms with Crippen LogP contribution in [0.25, 0.3) is 0 Å². The van der Waals surface area contributed by atoms with Crippen LogP contribution in [-0.4, -0.2) is 47.9 Å². The summed E-state index contributed by atoms with van der Waals surface area (Å²) in [6.07, 6.45) is 1.20. The van der Waals surface area contributed by atoms with E-state index in [9.17, 15) is 0 Å². The Balaban J connectivity index is 2.11. The molecular formula is C13H23N5O2. The third-order valence-corrected chi connectivity index (χ3v) is 3.88. The SMILES string of the molecule is CCOc1nc(NC)nc(NC2CC(OC)C2(C)C)n1. The van der Waals surface area contributed by atoms with Gasteiger partial charge in [-0.05, 0) is 13.3 Å². The van der Waals surface area contributed by atoms with Crippen LogP contribution in [0, 0.1) is 5.41 Å². The standard InChI is InChI=1S/C13H23N5O2/c1-6-20-12-17-10(14-4)16-11(18-12)15-8-7-9(19-5)13(8,2)3/h8-9H,6-7H2,1-5H3,(H2,14,15,16,17,18). The van der Waals surface area contributed by atoms with Gasteiger partial charge in [0, 0.05) is 25.6 Å². The van der Waals surface area contributed by atoms with Gasteiger partial charge in [-0.15, -0.1) is 0 Å². The molecule has 0 aromatic carbocycles. The summed E-state index contributed by atoms with van der Waals surface area (Å²) in [6.45, 7) is 6.76. The normalized spacial score (nSPS) is 23.9. The minimum atomic E-state index is 0.0486. The molecule has 1 aromatic rings. The number of nitrogens with one attached hydrogen (secondary N) is 2. The highest BCUT2D eigenvalue weighted by atomic mass is 16.5. The molecule has 0 bridgehead atoms. The summed E-state index contributed by atoms with van der Waals surface area (Å²) in [5.74, 6) is 1.02. The van der Waals surface area contributed by atoms with Crippen molar-refractivity contribution in [1.29, 1.82) is 0 Å². The second-order valence-corrected chi connectivity index (χ2v) is 5.43. The van der Waals surface area contributed by atoms with Crippen LogP contribution in [0.1, 0.15) is 27.2 Å². The van der Waals surface area contributed by atoms with Crippen molar-refractivity contribution in [3.8, 4) is 6.01 Å². The van der Waals surface area contributed by atoms with Crippen LogP contribution in [-0.2, 0) is 4.74 Å². The monoisotopic (exact) mass is 281 g/mol. The fraction of sp³-hybridized carbons (Fsp3) is 0.769. The van der Waals surface area contributed by atoms with Gasteiger partial charge < -0.3 is 20.1 Å². The third kappa shape index (κ3) is 2.77. The summed E-state index contributed by atoms with van der Waals surface area (Å²) in [5, 5.41) is 6.25. The van der Waals surface area contributed by atoms with Crippen molar-refractivity contribution in [2.24, 2.45) is 5.41 Å². The zero-order chi connectivity index (χ0) is 14.8. The van der Waals surface area contributed by atoms with Crippen molar-refractivity contribution in [3.63, 3.8) is 0 Å². The molecule has 2 rings (SSSR count). The maximum Gasteiger partial charge on any atom is 0.323 e. The first-order valence-electron chi connectivity index (χ1n) is 6.87. The molecule has 1 fully saturated rings. The number of aromatic nitrogens is 3. The van der Waals surface area contributed by atoms with Crippen molar-refractivity contribution < 1.29 is 9.47 Å². The summed E-state index contributed by atoms with van der Waals surface area (Å²) < 4.78 is 10.8. The molecule has 20 heavy (non-hydrogen) atoms. The van der Waals surface area contributed by atoms with Crippen LogP contribution in [0.15, 0.2) is 0 Å². The van der Waals surface area contributed by atoms with Gasteiger partial charge in [0.05, 0.1) is 12.7 Å². The first kappa shape index (κ1) is 14.8. The second kappa shape index (κ2) is 5.78. The molecule has 7 heteroatoms. The van der Waals surface area contributed by atoms with Crippen LogP contribution in [0.5, 0.6) is 6.01 Å². The Labute approximate surface area is 119 Å². The van der Waals surface area contributed by atoms with Gasteiger partial charge in [0.1, 0.15) is 0 Å². The van der Waals surface area contributed by atoms with Crippen molar-refractivity contribution in [3.05, 3.63) is 0 Å². The highest BCUT2D eigenvalue weighted by Crippen LogP contribution is 2.43. The van der Waals surface area contributed by atoms with Crippen LogP contribution in [0.4, 0.5) is 11.9 Å². The first-order valence-corrected chi connectivity index (χ1v) is 6.87. The molecule has 2 unspecified atom stereocenters. The van der Waals surface area contributed by atoms with Crippen molar-refractivity contribution in [1.82, 2.24) is 15.0 Å². The number of nitrogens with zero attached hydrogens (tertiary/aromatic N) is 3. The molecule has 0 amide bonds. The lowest BCUT2D eigenvalue weighted by Gasteiger charge is -2.51. The fourth-order valence-electron chi connectivity index (χ4n) is 2.41. The highest BCUT2D eigenvalue weighted by molar-refractivity contribution is 5.37. The minimum absolute atomic E-state index is 0.0486. The number of methoxy groups -OCH3 is 1. The number of rotatable bonds is 6. The highest BCUT2D eigenvalue weighted by Gasteiger charge is 2.48. The van der Waals surface area contributed by atoms with Gasteiger partial charge in [-0.1, -0.05) is 13.8 Å². The maximum atomic E-state index is 5.45. The lowest BCUT2D eigenvalue weighted by Crippen LogP contribution is -2.57. The summed E-state index contributed by atoms with van der Waals surface area (Å²) in [5.41, 5.74) is 0.0486. The second-order valence-electron chi connectivity index (χ2n) is 5.43. The first-order chi connectivity index (χ1) is 9.51. The molecule has 1 heterocycles. The van der Waals surface area contributed by atoms with Crippen molar-refractivity contribution in [2.75, 3.05) is 31.4 Å². The van der Waals surface area contributed by atoms with E-state index < -0.39 is 0 Å². The molecule has 0 aliphatic heterocycles. The largest absolute Gasteiger partial charge is 0.464 e. The number of hydrogen-bond acceptors (Lipinski definition) is 7. The van der Waals surface area contributed by atoms with Crippen LogP contribution < -0.4 is 15.4 Å². The Kier molecular flexibility index (Phi) is 4.27. The van der Waals surface area contributed by atoms with Gasteiger partial charge in [-0.3, -0.25) is 0 Å². The van der Waals surface area contributed by atoms with Gasteiger partial charge in [0.2, 0.25) is 11.9 Å². The van der Waals surface area contributed by atoms with E-state index in [1.54, 1.807) is 14.2 Å². The molecule has 1 aliphatic rings. The summed E-state index contributed by atoms with van der Waals surface area (Å²) >= 11 is 0. The molecule has 0 radical (unpaired) electrons. The van der Waals surface area contributed by atoms with Gasteiger partial charge in [0.15, 0.2) is 0 Å². The van der Waals surface area contributed by atoms with E-state index in [1.807, 2.05) is 6.92 Å². The van der Waals surface area contributed by atoms with E-state index in [0.717, 1.165) is 6.42 Å². The summed E-state index contributed by atoms with van der Waals surface area (Å²) in [7, 11) is 3.51. The predicted molar refractivity (Wildman–Crippen MR) is 77.1 cm³/mol. The van der Waals surface area contributed by atoms with Crippen LogP contribution in [0.2, 0.25) is 0 Å². The topological polar surface area (TPSA) is 81.2 Å². The van der Waals surface area contributed by atoms with E-state index in [2.05, 4.69) is 39.4 Å². The predicted octanol–water partition coefficient (Wildman–Crippen LogP) is 1.54. The van der Waals surface area contributed by atoms with E-state index in [0.29, 0.717) is 24.5 Å². The summed E-state index contributed by atoms with van der Waals surface area (Å²) in [4.78, 5) is 12.7. The Hall–Kier alpha value is -1.63. The average molecular weight is 281 g/mol. The van der Waals surface area contributed by atoms with E-state index >= 15 is 0 Å². The molecule has 1 aliphatic carbocycles. The molecule has 0 spiro atoms. The van der Waals surface area contributed by atoms with Gasteiger partial charge in [0.25, 0.3) is 0 Å². The maximum absolute atomic E-state index is 5.45. The Morgan fingerprint density at radius 3 is 2.50 bits per heavy atom. The fourth-order valence-corrected chi connectivity index (χ4v) is 2.41. The molecule has 1 saturated carbocycles. The van der Waals surface area contributed by atoms with E-state index in [-0.39, 0.29) is 17.6 Å². The molecule has 7 nitrogen and oxygen atoms in total. The number of hydrogen-bond donors (Lipinski definition) is 2. The molecule has 1 aromatic heterocycles. The van der Waals surface area contributed by atoms with Crippen LogP contribution >= 0.6 is 0 Å². The van der Waals surface area contributed by atoms with Gasteiger partial charge in [-0.2, -0.15) is 15.0 Å². The third-order valence-electron chi connectivity index (χ3n) is 3.88. The molecule has 112 valence electrons. The quantitative estimate of drug-likeness (QED) is 0.818. The van der Waals surface area contributed by atoms with Gasteiger partial charge in [-0.25, -0.2) is 0 Å². The Morgan fingerprint density at radius 1 is 1.25 bits per heavy atom.